The normalized spacial score (nSPS) is 14.1. The van der Waals surface area contributed by atoms with Gasteiger partial charge in [-0.1, -0.05) is 0 Å². The molecule has 0 aliphatic carbocycles. The van der Waals surface area contributed by atoms with Gasteiger partial charge in [0, 0.05) is 6.54 Å². The summed E-state index contributed by atoms with van der Waals surface area (Å²) < 4.78 is 87.7. The quantitative estimate of drug-likeness (QED) is 0.317. The van der Waals surface area contributed by atoms with Crippen molar-refractivity contribution in [1.82, 2.24) is 5.32 Å². The molecule has 0 aromatic heterocycles. The fraction of sp³-hybridized carbons (Fsp3) is 0.750. The van der Waals surface area contributed by atoms with Crippen LogP contribution in [0.25, 0.3) is 0 Å². The van der Waals surface area contributed by atoms with Crippen molar-refractivity contribution in [2.24, 2.45) is 21.5 Å². The number of halogens is 7. The smallest absolute Gasteiger partial charge is 0.370 e. The second-order valence-electron chi connectivity index (χ2n) is 3.53. The van der Waals surface area contributed by atoms with E-state index in [1.54, 1.807) is 0 Å². The molecule has 0 rings (SSSR count). The van der Waals surface area contributed by atoms with E-state index in [2.05, 4.69) is 9.98 Å². The van der Waals surface area contributed by atoms with Crippen molar-refractivity contribution in [1.29, 1.82) is 0 Å². The zero-order chi connectivity index (χ0) is 16.2. The Morgan fingerprint density at radius 3 is 1.90 bits per heavy atom. The van der Waals surface area contributed by atoms with Crippen LogP contribution in [0, 0.1) is 0 Å². The Kier molecular flexibility index (Phi) is 5.60. The first kappa shape index (κ1) is 18.2. The van der Waals surface area contributed by atoms with E-state index in [-0.39, 0.29) is 6.54 Å². The third-order valence-electron chi connectivity index (χ3n) is 1.69. The molecule has 0 radical (unpaired) electrons. The highest BCUT2D eigenvalue weighted by molar-refractivity contribution is 5.93. The number of nitrogens with zero attached hydrogens (tertiary/aromatic N) is 2. The van der Waals surface area contributed by atoms with Crippen molar-refractivity contribution in [3.8, 4) is 0 Å². The third-order valence-corrected chi connectivity index (χ3v) is 1.69. The van der Waals surface area contributed by atoms with E-state index in [0.29, 0.717) is 0 Å². The van der Waals surface area contributed by atoms with Gasteiger partial charge >= 0.3 is 18.1 Å². The molecule has 0 saturated carbocycles. The van der Waals surface area contributed by atoms with Crippen molar-refractivity contribution in [2.75, 3.05) is 6.54 Å². The van der Waals surface area contributed by atoms with Crippen LogP contribution in [0.3, 0.4) is 0 Å². The summed E-state index contributed by atoms with van der Waals surface area (Å²) in [6.45, 7) is 1.18. The van der Waals surface area contributed by atoms with Crippen molar-refractivity contribution in [2.45, 2.75) is 31.5 Å². The minimum absolute atomic E-state index is 0.167. The molecule has 0 bridgehead atoms. The van der Waals surface area contributed by atoms with Gasteiger partial charge in [0.15, 0.2) is 5.96 Å². The van der Waals surface area contributed by atoms with Gasteiger partial charge in [-0.05, 0) is 6.92 Å². The van der Waals surface area contributed by atoms with Gasteiger partial charge in [-0.15, -0.1) is 0 Å². The molecule has 0 saturated heterocycles. The lowest BCUT2D eigenvalue weighted by Crippen LogP contribution is -2.55. The minimum atomic E-state index is -5.48. The first-order valence-electron chi connectivity index (χ1n) is 5.05. The molecular weight excluding hydrogens is 299 g/mol. The van der Waals surface area contributed by atoms with E-state index in [4.69, 9.17) is 11.5 Å². The predicted octanol–water partition coefficient (Wildman–Crippen LogP) is 1.41. The number of nitrogens with two attached hydrogens (primary N) is 2. The first-order valence-corrected chi connectivity index (χ1v) is 5.05. The molecule has 0 aliphatic rings. The molecular formula is C8H12F7N5. The summed E-state index contributed by atoms with van der Waals surface area (Å²) in [5.41, 5.74) is 9.70. The van der Waals surface area contributed by atoms with Crippen LogP contribution in [0.2, 0.25) is 0 Å². The highest BCUT2D eigenvalue weighted by Crippen LogP contribution is 2.40. The molecule has 0 unspecified atom stereocenters. The number of hydrogen-bond donors (Lipinski definition) is 3. The molecule has 20 heavy (non-hydrogen) atoms. The lowest BCUT2D eigenvalue weighted by Gasteiger charge is -2.28. The average molecular weight is 311 g/mol. The number of rotatable bonds is 4. The highest BCUT2D eigenvalue weighted by Gasteiger charge is 2.61. The van der Waals surface area contributed by atoms with E-state index in [0.717, 1.165) is 5.32 Å². The van der Waals surface area contributed by atoms with Gasteiger partial charge in [-0.3, -0.25) is 10.3 Å². The topological polar surface area (TPSA) is 88.8 Å². The van der Waals surface area contributed by atoms with Crippen molar-refractivity contribution in [3.63, 3.8) is 0 Å². The summed E-state index contributed by atoms with van der Waals surface area (Å²) >= 11 is 0. The van der Waals surface area contributed by atoms with Crippen LogP contribution in [0.4, 0.5) is 30.7 Å². The van der Waals surface area contributed by atoms with Crippen LogP contribution in [0.15, 0.2) is 9.98 Å². The highest BCUT2D eigenvalue weighted by atomic mass is 19.4. The summed E-state index contributed by atoms with van der Waals surface area (Å²) in [5.74, 6) is -7.28. The molecule has 0 heterocycles. The Morgan fingerprint density at radius 2 is 1.55 bits per heavy atom. The monoisotopic (exact) mass is 311 g/mol. The largest absolute Gasteiger partial charge is 0.395 e. The summed E-state index contributed by atoms with van der Waals surface area (Å²) in [7, 11) is 0. The van der Waals surface area contributed by atoms with Crippen LogP contribution >= 0.6 is 0 Å². The zero-order valence-corrected chi connectivity index (χ0v) is 10.1. The minimum Gasteiger partial charge on any atom is -0.370 e. The van der Waals surface area contributed by atoms with E-state index >= 15 is 0 Å². The molecule has 0 atom stereocenters. The summed E-state index contributed by atoms with van der Waals surface area (Å²) in [4.78, 5) is 6.20. The summed E-state index contributed by atoms with van der Waals surface area (Å²) in [6.07, 6.45) is -8.49. The van der Waals surface area contributed by atoms with Crippen molar-refractivity contribution < 1.29 is 30.7 Å². The van der Waals surface area contributed by atoms with Crippen LogP contribution in [-0.2, 0) is 0 Å². The van der Waals surface area contributed by atoms with Crippen molar-refractivity contribution in [3.05, 3.63) is 0 Å². The number of aliphatic imine (C=N–C) groups is 2. The molecule has 5 nitrogen and oxygen atoms in total. The maximum atomic E-state index is 13.2. The van der Waals surface area contributed by atoms with Gasteiger partial charge in [0.1, 0.15) is 6.42 Å². The van der Waals surface area contributed by atoms with Gasteiger partial charge in [-0.2, -0.15) is 35.7 Å². The molecule has 118 valence electrons. The fourth-order valence-corrected chi connectivity index (χ4v) is 0.969. The number of guanidine groups is 2. The van der Waals surface area contributed by atoms with Crippen LogP contribution in [0.5, 0.6) is 0 Å². The van der Waals surface area contributed by atoms with Gasteiger partial charge < -0.3 is 11.5 Å². The Bertz CT molecular complexity index is 383. The summed E-state index contributed by atoms with van der Waals surface area (Å²) in [6, 6.07) is -5.24. The number of nitrogens with one attached hydrogen (secondary N) is 1. The second kappa shape index (κ2) is 6.13. The second-order valence-corrected chi connectivity index (χ2v) is 3.53. The Balaban J connectivity index is 5.21. The van der Waals surface area contributed by atoms with Gasteiger partial charge in [0.2, 0.25) is 5.96 Å². The van der Waals surface area contributed by atoms with Gasteiger partial charge in [-0.25, -0.2) is 0 Å². The molecule has 0 fully saturated rings. The Labute approximate surface area is 108 Å². The molecule has 0 aromatic carbocycles. The van der Waals surface area contributed by atoms with Crippen LogP contribution < -0.4 is 16.8 Å². The SMILES string of the molecule is CCN=C(N=C(N)N)NC(F)(F)C(F)(F)CC(F)(F)F. The fourth-order valence-electron chi connectivity index (χ4n) is 0.969. The van der Waals surface area contributed by atoms with E-state index in [1.165, 1.54) is 6.92 Å². The van der Waals surface area contributed by atoms with Gasteiger partial charge in [0.25, 0.3) is 0 Å². The molecule has 12 heteroatoms. The maximum absolute atomic E-state index is 13.2. The van der Waals surface area contributed by atoms with E-state index in [9.17, 15) is 30.7 Å². The lowest BCUT2D eigenvalue weighted by molar-refractivity contribution is -0.269. The molecule has 0 spiro atoms. The lowest BCUT2D eigenvalue weighted by atomic mass is 10.2. The summed E-state index contributed by atoms with van der Waals surface area (Å²) in [5, 5.41) is 0.808. The maximum Gasteiger partial charge on any atom is 0.395 e. The third kappa shape index (κ3) is 5.93. The average Bonchev–Trinajstić information content (AvgIpc) is 2.11. The Morgan fingerprint density at radius 1 is 1.05 bits per heavy atom. The molecule has 0 amide bonds. The van der Waals surface area contributed by atoms with E-state index in [1.807, 2.05) is 0 Å². The van der Waals surface area contributed by atoms with E-state index < -0.39 is 36.5 Å². The molecule has 5 N–H and O–H groups in total. The van der Waals surface area contributed by atoms with Crippen molar-refractivity contribution >= 4 is 11.9 Å². The van der Waals surface area contributed by atoms with Crippen LogP contribution in [-0.4, -0.2) is 36.6 Å². The zero-order valence-electron chi connectivity index (χ0n) is 10.1. The number of hydrogen-bond acceptors (Lipinski definition) is 1. The van der Waals surface area contributed by atoms with Crippen LogP contribution in [0.1, 0.15) is 13.3 Å². The molecule has 0 aliphatic heterocycles. The molecule has 0 aromatic rings. The van der Waals surface area contributed by atoms with Gasteiger partial charge in [0.05, 0.1) is 0 Å². The Hall–Kier alpha value is -1.75. The predicted molar refractivity (Wildman–Crippen MR) is 57.5 cm³/mol. The first-order chi connectivity index (χ1) is 8.81. The number of alkyl halides is 7. The standard InChI is InChI=1S/C8H12F7N5/c1-2-18-5(19-4(16)17)20-8(14,15)6(9,10)3-7(11,12)13/h2-3H2,1H3,(H5,16,17,18,19,20).